The van der Waals surface area contributed by atoms with Crippen molar-refractivity contribution in [3.05, 3.63) is 100 Å². The van der Waals surface area contributed by atoms with Crippen LogP contribution in [0.1, 0.15) is 74.0 Å². The van der Waals surface area contributed by atoms with Crippen LogP contribution in [0.5, 0.6) is 11.5 Å². The molecule has 8 atom stereocenters. The second kappa shape index (κ2) is 12.8. The maximum atomic E-state index is 15.1. The minimum atomic E-state index is -4.02. The Bertz CT molecular complexity index is 2320. The zero-order chi connectivity index (χ0) is 38.6. The minimum Gasteiger partial charge on any atom is -0.497 e. The predicted octanol–water partition coefficient (Wildman–Crippen LogP) is 8.64. The third-order valence-corrected chi connectivity index (χ3v) is 19.3. The van der Waals surface area contributed by atoms with Crippen LogP contribution in [0.25, 0.3) is 10.1 Å². The molecule has 2 N–H and O–H groups in total. The number of rotatable bonds is 10. The highest BCUT2D eigenvalue weighted by Crippen LogP contribution is 2.78. The lowest BCUT2D eigenvalue weighted by Crippen LogP contribution is -2.67. The Balaban J connectivity index is 1.15. The predicted molar refractivity (Wildman–Crippen MR) is 216 cm³/mol. The minimum absolute atomic E-state index is 0.00260. The summed E-state index contributed by atoms with van der Waals surface area (Å²) < 4.78 is 42.9. The van der Waals surface area contributed by atoms with Gasteiger partial charge in [0.15, 0.2) is 5.78 Å². The van der Waals surface area contributed by atoms with E-state index >= 15 is 4.79 Å². The molecule has 2 heterocycles. The molecule has 55 heavy (non-hydrogen) atoms. The fourth-order valence-electron chi connectivity index (χ4n) is 12.1. The first kappa shape index (κ1) is 37.3. The Kier molecular flexibility index (Phi) is 8.70. The number of carbonyl (C=O) groups is 1. The zero-order valence-electron chi connectivity index (χ0n) is 31.8. The molecule has 6 aliphatic carbocycles. The van der Waals surface area contributed by atoms with Crippen LogP contribution in [0.3, 0.4) is 0 Å². The molecule has 2 aromatic carbocycles. The van der Waals surface area contributed by atoms with Gasteiger partial charge in [0, 0.05) is 51.2 Å². The van der Waals surface area contributed by atoms with Crippen molar-refractivity contribution < 1.29 is 32.9 Å². The van der Waals surface area contributed by atoms with E-state index in [1.54, 1.807) is 43.9 Å². The first-order chi connectivity index (χ1) is 26.2. The first-order valence-electron chi connectivity index (χ1n) is 19.4. The van der Waals surface area contributed by atoms with Gasteiger partial charge in [-0.05, 0) is 97.2 Å². The molecule has 8 unspecified atom stereocenters. The second-order valence-electron chi connectivity index (χ2n) is 17.2. The van der Waals surface area contributed by atoms with E-state index in [0.717, 1.165) is 34.9 Å². The highest BCUT2D eigenvalue weighted by Gasteiger charge is 2.74. The topological polar surface area (TPSA) is 113 Å². The molecule has 2 spiro atoms. The summed E-state index contributed by atoms with van der Waals surface area (Å²) in [6.07, 6.45) is 11.1. The van der Waals surface area contributed by atoms with Gasteiger partial charge in [0.05, 0.1) is 30.8 Å². The number of aliphatic hydroxyl groups is 2. The van der Waals surface area contributed by atoms with Crippen LogP contribution in [0, 0.1) is 33.5 Å². The molecule has 0 amide bonds. The van der Waals surface area contributed by atoms with Crippen molar-refractivity contribution in [2.24, 2.45) is 33.5 Å². The molecule has 3 fully saturated rings. The quantitative estimate of drug-likeness (QED) is 0.122. The van der Waals surface area contributed by atoms with Gasteiger partial charge in [-0.1, -0.05) is 62.4 Å². The average molecular weight is 800 g/mol. The highest BCUT2D eigenvalue weighted by molar-refractivity contribution is 7.91. The number of nitrogens with zero attached hydrogens (tertiary/aromatic N) is 1. The normalized spacial score (nSPS) is 35.0. The summed E-state index contributed by atoms with van der Waals surface area (Å²) in [6.45, 7) is 4.43. The first-order valence-corrected chi connectivity index (χ1v) is 22.5. The van der Waals surface area contributed by atoms with Crippen molar-refractivity contribution in [3.8, 4) is 11.5 Å². The van der Waals surface area contributed by atoms with Crippen LogP contribution >= 0.6 is 22.7 Å². The number of hydrogen-bond donors (Lipinski definition) is 2. The number of benzene rings is 2. The highest BCUT2D eigenvalue weighted by atomic mass is 32.2. The summed E-state index contributed by atoms with van der Waals surface area (Å²) in [6, 6.07) is 18.8. The lowest BCUT2D eigenvalue weighted by Gasteiger charge is -2.71. The molecular weight excluding hydrogens is 751 g/mol. The van der Waals surface area contributed by atoms with Crippen LogP contribution in [-0.4, -0.2) is 61.2 Å². The van der Waals surface area contributed by atoms with Crippen LogP contribution in [0.15, 0.2) is 94.1 Å². The Morgan fingerprint density at radius 1 is 0.927 bits per heavy atom. The van der Waals surface area contributed by atoms with E-state index in [-0.39, 0.29) is 40.3 Å². The monoisotopic (exact) mass is 799 g/mol. The van der Waals surface area contributed by atoms with Gasteiger partial charge < -0.3 is 19.7 Å². The number of hydrogen-bond acceptors (Lipinski definition) is 9. The molecule has 2 aromatic heterocycles. The fraction of sp³-hybridized carbons (Fsp3) is 0.477. The van der Waals surface area contributed by atoms with Crippen molar-refractivity contribution in [3.63, 3.8) is 0 Å². The van der Waals surface area contributed by atoms with Crippen molar-refractivity contribution in [2.75, 3.05) is 20.8 Å². The fourth-order valence-corrected chi connectivity index (χ4v) is 15.7. The largest absolute Gasteiger partial charge is 0.497 e. The number of Topliss-reactive ketones (excluding diaryl/α,β-unsaturated/α-hetero) is 1. The van der Waals surface area contributed by atoms with Crippen molar-refractivity contribution >= 4 is 48.6 Å². The van der Waals surface area contributed by atoms with E-state index < -0.39 is 38.0 Å². The van der Waals surface area contributed by atoms with E-state index in [1.165, 1.54) is 27.0 Å². The van der Waals surface area contributed by atoms with Gasteiger partial charge in [-0.15, -0.1) is 22.7 Å². The van der Waals surface area contributed by atoms with E-state index in [2.05, 4.69) is 38.1 Å². The van der Waals surface area contributed by atoms with Crippen molar-refractivity contribution in [1.29, 1.82) is 0 Å². The zero-order valence-corrected chi connectivity index (χ0v) is 34.2. The van der Waals surface area contributed by atoms with E-state index in [0.29, 0.717) is 47.6 Å². The van der Waals surface area contributed by atoms with E-state index in [1.807, 2.05) is 30.3 Å². The summed E-state index contributed by atoms with van der Waals surface area (Å²) >= 11 is 2.69. The van der Waals surface area contributed by atoms with Crippen LogP contribution in [0.2, 0.25) is 0 Å². The molecule has 290 valence electrons. The average Bonchev–Trinajstić information content (AvgIpc) is 3.93. The summed E-state index contributed by atoms with van der Waals surface area (Å²) in [7, 11) is -0.895. The van der Waals surface area contributed by atoms with Gasteiger partial charge in [-0.25, -0.2) is 8.42 Å². The lowest BCUT2D eigenvalue weighted by atomic mass is 9.32. The molecule has 4 aromatic rings. The standard InChI is InChI=1S/C44H49NO7S3/c1-40-16-13-30(46)24-42(40)19-20-44(32(25-42)39(47)35-22-28-8-5-6-9-34(28)54-35)36(40)14-17-41(2)37(44)15-18-43(41,48)27-45(55(49,50)38-10-7-21-53-38)26-29-11-12-31(51-3)23-33(29)52-4/h5-12,19-23,25,30,36-37,46,48H,13-18,24,26-27H2,1-4H3. The number of ketones is 1. The van der Waals surface area contributed by atoms with Gasteiger partial charge >= 0.3 is 0 Å². The Labute approximate surface area is 331 Å². The lowest BCUT2D eigenvalue weighted by molar-refractivity contribution is -0.173. The van der Waals surface area contributed by atoms with Crippen LogP contribution in [0.4, 0.5) is 0 Å². The third kappa shape index (κ3) is 5.22. The summed E-state index contributed by atoms with van der Waals surface area (Å²) in [5.41, 5.74) is -1.92. The summed E-state index contributed by atoms with van der Waals surface area (Å²) in [4.78, 5) is 15.9. The molecule has 2 bridgehead atoms. The maximum absolute atomic E-state index is 15.1. The van der Waals surface area contributed by atoms with Crippen LogP contribution in [-0.2, 0) is 16.6 Å². The Morgan fingerprint density at radius 2 is 1.69 bits per heavy atom. The maximum Gasteiger partial charge on any atom is 0.252 e. The molecule has 8 nitrogen and oxygen atoms in total. The van der Waals surface area contributed by atoms with Crippen molar-refractivity contribution in [1.82, 2.24) is 4.31 Å². The Hall–Kier alpha value is -3.32. The molecule has 6 aliphatic rings. The number of ether oxygens (including phenoxy) is 2. The molecule has 0 radical (unpaired) electrons. The van der Waals surface area contributed by atoms with Gasteiger partial charge in [-0.2, -0.15) is 4.31 Å². The number of aliphatic hydroxyl groups excluding tert-OH is 1. The van der Waals surface area contributed by atoms with Crippen LogP contribution < -0.4 is 9.47 Å². The Morgan fingerprint density at radius 3 is 2.44 bits per heavy atom. The SMILES string of the molecule is COc1ccc(CN(CC2(O)CCC3C45C=CC6(C=C4C(=O)c4cc7ccccc7s4)CC(O)CCC6(C)C5CCC32C)S(=O)(=O)c2cccs2)c(OC)c1. The number of allylic oxidation sites excluding steroid dienone is 4. The van der Waals surface area contributed by atoms with E-state index in [9.17, 15) is 18.6 Å². The van der Waals surface area contributed by atoms with Gasteiger partial charge in [0.2, 0.25) is 0 Å². The number of thiophene rings is 2. The summed E-state index contributed by atoms with van der Waals surface area (Å²) in [5, 5.41) is 27.1. The number of carbonyl (C=O) groups excluding carboxylic acids is 1. The van der Waals surface area contributed by atoms with Gasteiger partial charge in [-0.3, -0.25) is 4.79 Å². The van der Waals surface area contributed by atoms with E-state index in [4.69, 9.17) is 9.47 Å². The van der Waals surface area contributed by atoms with Gasteiger partial charge in [0.25, 0.3) is 10.0 Å². The second-order valence-corrected chi connectivity index (χ2v) is 21.4. The molecule has 3 saturated carbocycles. The molecule has 0 aliphatic heterocycles. The smallest absolute Gasteiger partial charge is 0.252 e. The molecule has 10 rings (SSSR count). The summed E-state index contributed by atoms with van der Waals surface area (Å²) in [5.74, 6) is 1.15. The van der Waals surface area contributed by atoms with Gasteiger partial charge in [0.1, 0.15) is 15.7 Å². The number of fused-ring (bicyclic) bond motifs is 2. The number of sulfonamides is 1. The number of methoxy groups -OCH3 is 2. The molecule has 11 heteroatoms. The third-order valence-electron chi connectivity index (χ3n) is 15.0. The molecule has 0 saturated heterocycles. The van der Waals surface area contributed by atoms with Crippen molar-refractivity contribution in [2.45, 2.75) is 81.3 Å². The molecular formula is C44H49NO7S3.